The minimum absolute atomic E-state index is 0.0126. The Morgan fingerprint density at radius 3 is 2.05 bits per heavy atom. The van der Waals surface area contributed by atoms with Gasteiger partial charge in [-0.25, -0.2) is 4.79 Å². The number of hydrogen-bond donors (Lipinski definition) is 1. The van der Waals surface area contributed by atoms with Crippen LogP contribution >= 0.6 is 0 Å². The molecule has 0 spiro atoms. The molecule has 7 nitrogen and oxygen atoms in total. The van der Waals surface area contributed by atoms with E-state index in [1.165, 1.54) is 4.90 Å². The third-order valence-corrected chi connectivity index (χ3v) is 7.33. The van der Waals surface area contributed by atoms with E-state index in [-0.39, 0.29) is 43.6 Å². The van der Waals surface area contributed by atoms with Gasteiger partial charge in [0.1, 0.15) is 12.4 Å². The Morgan fingerprint density at radius 1 is 0.929 bits per heavy atom. The highest BCUT2D eigenvalue weighted by atomic mass is 19.4. The summed E-state index contributed by atoms with van der Waals surface area (Å²) in [6.07, 6.45) is -10.3. The van der Waals surface area contributed by atoms with Crippen LogP contribution in [0.25, 0.3) is 0 Å². The van der Waals surface area contributed by atoms with E-state index in [9.17, 15) is 35.9 Å². The number of halogens is 6. The van der Waals surface area contributed by atoms with Crippen LogP contribution in [0.15, 0.2) is 42.5 Å². The molecule has 1 aliphatic heterocycles. The first-order valence-electron chi connectivity index (χ1n) is 13.6. The third kappa shape index (κ3) is 7.74. The molecule has 42 heavy (non-hydrogen) atoms. The van der Waals surface area contributed by atoms with Gasteiger partial charge in [-0.2, -0.15) is 26.3 Å². The fraction of sp³-hybridized carbons (Fsp3) is 0.517. The number of esters is 1. The normalized spacial score (nSPS) is 20.7. The molecule has 1 aliphatic carbocycles. The first kappa shape index (κ1) is 31.6. The summed E-state index contributed by atoms with van der Waals surface area (Å²) in [5, 5.41) is 3.33. The van der Waals surface area contributed by atoms with Crippen LogP contribution in [0.3, 0.4) is 0 Å². The van der Waals surface area contributed by atoms with Crippen LogP contribution in [0.4, 0.5) is 26.3 Å². The summed E-state index contributed by atoms with van der Waals surface area (Å²) >= 11 is 0. The molecular weight excluding hydrogens is 570 g/mol. The van der Waals surface area contributed by atoms with Crippen LogP contribution in [-0.2, 0) is 33.0 Å². The van der Waals surface area contributed by atoms with Crippen molar-refractivity contribution in [1.82, 2.24) is 10.2 Å². The van der Waals surface area contributed by atoms with Crippen molar-refractivity contribution in [2.75, 3.05) is 39.5 Å². The number of ether oxygens (including phenoxy) is 3. The zero-order valence-electron chi connectivity index (χ0n) is 23.1. The zero-order valence-corrected chi connectivity index (χ0v) is 23.1. The van der Waals surface area contributed by atoms with Crippen molar-refractivity contribution >= 4 is 11.9 Å². The zero-order chi connectivity index (χ0) is 30.7. The number of hydrogen-bond acceptors (Lipinski definition) is 6. The Balaban J connectivity index is 1.22. The molecule has 0 radical (unpaired) electrons. The first-order chi connectivity index (χ1) is 19.8. The molecular formula is C29H32F6N2O5. The second-order valence-electron chi connectivity index (χ2n) is 10.2. The van der Waals surface area contributed by atoms with Crippen molar-refractivity contribution in [3.05, 3.63) is 64.7 Å². The van der Waals surface area contributed by atoms with E-state index in [2.05, 4.69) is 5.32 Å². The summed E-state index contributed by atoms with van der Waals surface area (Å²) in [5.41, 5.74) is -2.76. The molecule has 4 atom stereocenters. The lowest BCUT2D eigenvalue weighted by Crippen LogP contribution is -2.36. The maximum Gasteiger partial charge on any atom is 0.416 e. The van der Waals surface area contributed by atoms with Crippen molar-refractivity contribution in [2.24, 2.45) is 11.8 Å². The van der Waals surface area contributed by atoms with E-state index in [1.54, 1.807) is 26.0 Å². The highest BCUT2D eigenvalue weighted by Crippen LogP contribution is 2.46. The van der Waals surface area contributed by atoms with Crippen molar-refractivity contribution in [3.8, 4) is 5.75 Å². The Bertz CT molecular complexity index is 1210. The van der Waals surface area contributed by atoms with Gasteiger partial charge in [-0.1, -0.05) is 12.1 Å². The Hall–Kier alpha value is -3.32. The van der Waals surface area contributed by atoms with Gasteiger partial charge in [0.25, 0.3) is 5.91 Å². The van der Waals surface area contributed by atoms with E-state index in [1.807, 2.05) is 12.1 Å². The monoisotopic (exact) mass is 602 g/mol. The van der Waals surface area contributed by atoms with Gasteiger partial charge in [0, 0.05) is 44.3 Å². The molecule has 2 aliphatic rings. The molecule has 1 saturated heterocycles. The van der Waals surface area contributed by atoms with Gasteiger partial charge in [-0.3, -0.25) is 4.79 Å². The average molecular weight is 603 g/mol. The molecule has 1 heterocycles. The molecule has 13 heteroatoms. The van der Waals surface area contributed by atoms with Gasteiger partial charge in [0.15, 0.2) is 6.10 Å². The number of nitrogens with one attached hydrogen (secondary N) is 1. The minimum Gasteiger partial charge on any atom is -0.492 e. The van der Waals surface area contributed by atoms with Crippen LogP contribution < -0.4 is 10.1 Å². The van der Waals surface area contributed by atoms with E-state index < -0.39 is 47.0 Å². The minimum atomic E-state index is -5.01. The average Bonchev–Trinajstić information content (AvgIpc) is 3.37. The second kappa shape index (κ2) is 12.9. The molecule has 1 saturated carbocycles. The van der Waals surface area contributed by atoms with Gasteiger partial charge < -0.3 is 24.4 Å². The van der Waals surface area contributed by atoms with E-state index in [0.717, 1.165) is 5.56 Å². The molecule has 2 fully saturated rings. The maximum atomic E-state index is 13.2. The molecule has 0 aromatic heterocycles. The van der Waals surface area contributed by atoms with Crippen LogP contribution in [0.5, 0.6) is 5.75 Å². The highest BCUT2D eigenvalue weighted by molar-refractivity contribution is 5.95. The molecule has 230 valence electrons. The predicted octanol–water partition coefficient (Wildman–Crippen LogP) is 4.97. The number of piperidine rings is 1. The molecule has 4 rings (SSSR count). The standard InChI is InChI=1S/C29H32F6N2O5/c1-3-40-24(27(39)41-4-2)11-17-5-7-21(8-6-17)42-10-9-36-25-22-15-37(16-23(22)25)26(38)18-12-19(28(30,31)32)14-20(13-18)29(33,34)35/h5-8,12-14,22-25,36H,3-4,9-11,15-16H2,1-2H3/t22-,23+,24-,25?/m0/s1. The van der Waals surface area contributed by atoms with Gasteiger partial charge in [0.2, 0.25) is 0 Å². The van der Waals surface area contributed by atoms with Crippen molar-refractivity contribution < 1.29 is 50.1 Å². The van der Waals surface area contributed by atoms with Gasteiger partial charge in [-0.05, 0) is 61.6 Å². The lowest BCUT2D eigenvalue weighted by atomic mass is 10.0. The summed E-state index contributed by atoms with van der Waals surface area (Å²) in [7, 11) is 0. The molecule has 0 bridgehead atoms. The van der Waals surface area contributed by atoms with Crippen LogP contribution in [0, 0.1) is 11.8 Å². The van der Waals surface area contributed by atoms with Crippen molar-refractivity contribution in [1.29, 1.82) is 0 Å². The number of fused-ring (bicyclic) bond motifs is 1. The van der Waals surface area contributed by atoms with E-state index >= 15 is 0 Å². The maximum absolute atomic E-state index is 13.2. The van der Waals surface area contributed by atoms with Crippen LogP contribution in [-0.4, -0.2) is 68.4 Å². The number of alkyl halides is 6. The number of likely N-dealkylation sites (tertiary alicyclic amines) is 1. The lowest BCUT2D eigenvalue weighted by Gasteiger charge is -2.22. The number of benzene rings is 2. The Kier molecular flexibility index (Phi) is 9.71. The summed E-state index contributed by atoms with van der Waals surface area (Å²) < 4.78 is 95.3. The SMILES string of the molecule is CCOC(=O)[C@H](Cc1ccc(OCCNC2[C@H]3CN(C(=O)c4cc(C(F)(F)F)cc(C(F)(F)F)c4)C[C@@H]23)cc1)OCC. The number of amides is 1. The van der Waals surface area contributed by atoms with Crippen LogP contribution in [0.1, 0.15) is 40.9 Å². The van der Waals surface area contributed by atoms with Crippen molar-refractivity contribution in [2.45, 2.75) is 44.8 Å². The topological polar surface area (TPSA) is 77.1 Å². The predicted molar refractivity (Wildman–Crippen MR) is 139 cm³/mol. The molecule has 2 aromatic rings. The smallest absolute Gasteiger partial charge is 0.416 e. The quantitative estimate of drug-likeness (QED) is 0.210. The summed E-state index contributed by atoms with van der Waals surface area (Å²) in [4.78, 5) is 26.1. The summed E-state index contributed by atoms with van der Waals surface area (Å²) in [5.74, 6) is -0.484. The number of rotatable bonds is 12. The Morgan fingerprint density at radius 2 is 1.52 bits per heavy atom. The molecule has 2 aromatic carbocycles. The second-order valence-corrected chi connectivity index (χ2v) is 10.2. The van der Waals surface area contributed by atoms with Gasteiger partial charge in [0.05, 0.1) is 17.7 Å². The van der Waals surface area contributed by atoms with Gasteiger partial charge >= 0.3 is 18.3 Å². The summed E-state index contributed by atoms with van der Waals surface area (Å²) in [6.45, 7) is 5.54. The highest BCUT2D eigenvalue weighted by Gasteiger charge is 2.56. The molecule has 1 N–H and O–H groups in total. The summed E-state index contributed by atoms with van der Waals surface area (Å²) in [6, 6.07) is 8.30. The number of carbonyl (C=O) groups excluding carboxylic acids is 2. The Labute approximate surface area is 239 Å². The van der Waals surface area contributed by atoms with Crippen LogP contribution in [0.2, 0.25) is 0 Å². The molecule has 1 unspecified atom stereocenters. The third-order valence-electron chi connectivity index (χ3n) is 7.33. The van der Waals surface area contributed by atoms with Crippen molar-refractivity contribution in [3.63, 3.8) is 0 Å². The van der Waals surface area contributed by atoms with Gasteiger partial charge in [-0.15, -0.1) is 0 Å². The molecule has 1 amide bonds. The fourth-order valence-electron chi connectivity index (χ4n) is 5.23. The largest absolute Gasteiger partial charge is 0.492 e. The van der Waals surface area contributed by atoms with E-state index in [4.69, 9.17) is 14.2 Å². The lowest BCUT2D eigenvalue weighted by molar-refractivity contribution is -0.156. The number of carbonyl (C=O) groups is 2. The first-order valence-corrected chi connectivity index (χ1v) is 13.6. The fourth-order valence-corrected chi connectivity index (χ4v) is 5.23. The van der Waals surface area contributed by atoms with E-state index in [0.29, 0.717) is 44.1 Å². The number of nitrogens with zero attached hydrogens (tertiary/aromatic N) is 1.